The van der Waals surface area contributed by atoms with E-state index in [1.165, 1.54) is 31.0 Å². The standard InChI is InChI=1S/C14H16FNO3S/c1-19-14(18)12-3-2-8-16(12)13(17)9-20-11-6-4-10(15)5-7-11/h4-7,12H,2-3,8-9H2,1H3. The molecule has 1 unspecified atom stereocenters. The predicted octanol–water partition coefficient (Wildman–Crippen LogP) is 2.08. The molecule has 0 N–H and O–H groups in total. The molecule has 108 valence electrons. The Balaban J connectivity index is 1.91. The summed E-state index contributed by atoms with van der Waals surface area (Å²) in [5.41, 5.74) is 0. The van der Waals surface area contributed by atoms with Crippen LogP contribution < -0.4 is 0 Å². The Hall–Kier alpha value is -1.56. The highest BCUT2D eigenvalue weighted by atomic mass is 32.2. The van der Waals surface area contributed by atoms with E-state index < -0.39 is 6.04 Å². The molecule has 0 spiro atoms. The van der Waals surface area contributed by atoms with E-state index in [2.05, 4.69) is 0 Å². The van der Waals surface area contributed by atoms with Crippen molar-refractivity contribution in [1.29, 1.82) is 0 Å². The molecule has 1 aliphatic rings. The monoisotopic (exact) mass is 297 g/mol. The first kappa shape index (κ1) is 14.8. The molecule has 20 heavy (non-hydrogen) atoms. The highest BCUT2D eigenvalue weighted by Gasteiger charge is 2.34. The molecule has 1 amide bonds. The second kappa shape index (κ2) is 6.74. The Morgan fingerprint density at radius 1 is 1.40 bits per heavy atom. The van der Waals surface area contributed by atoms with Crippen molar-refractivity contribution >= 4 is 23.6 Å². The van der Waals surface area contributed by atoms with Crippen molar-refractivity contribution < 1.29 is 18.7 Å². The second-order valence-electron chi connectivity index (χ2n) is 4.51. The first-order valence-electron chi connectivity index (χ1n) is 6.37. The van der Waals surface area contributed by atoms with Crippen LogP contribution in [0.3, 0.4) is 0 Å². The number of likely N-dealkylation sites (tertiary alicyclic amines) is 1. The third-order valence-corrected chi connectivity index (χ3v) is 4.22. The highest BCUT2D eigenvalue weighted by Crippen LogP contribution is 2.23. The minimum absolute atomic E-state index is 0.0905. The first-order chi connectivity index (χ1) is 9.61. The van der Waals surface area contributed by atoms with Gasteiger partial charge in [-0.1, -0.05) is 0 Å². The summed E-state index contributed by atoms with van der Waals surface area (Å²) < 4.78 is 17.5. The molecule has 6 heteroatoms. The van der Waals surface area contributed by atoms with Crippen molar-refractivity contribution in [2.24, 2.45) is 0 Å². The SMILES string of the molecule is COC(=O)C1CCCN1C(=O)CSc1ccc(F)cc1. The molecule has 1 aromatic rings. The van der Waals surface area contributed by atoms with Crippen molar-refractivity contribution in [3.05, 3.63) is 30.1 Å². The summed E-state index contributed by atoms with van der Waals surface area (Å²) in [5.74, 6) is -0.514. The minimum atomic E-state index is -0.457. The average molecular weight is 297 g/mol. The van der Waals surface area contributed by atoms with Crippen molar-refractivity contribution in [2.45, 2.75) is 23.8 Å². The normalized spacial score (nSPS) is 18.1. The van der Waals surface area contributed by atoms with E-state index in [1.54, 1.807) is 17.0 Å². The van der Waals surface area contributed by atoms with Gasteiger partial charge in [0, 0.05) is 11.4 Å². The molecular formula is C14H16FNO3S. The molecule has 4 nitrogen and oxygen atoms in total. The van der Waals surface area contributed by atoms with Crippen LogP contribution in [0.5, 0.6) is 0 Å². The smallest absolute Gasteiger partial charge is 0.328 e. The van der Waals surface area contributed by atoms with Crippen molar-refractivity contribution in [1.82, 2.24) is 4.90 Å². The number of thioether (sulfide) groups is 1. The van der Waals surface area contributed by atoms with Crippen LogP contribution in [-0.4, -0.2) is 42.2 Å². The summed E-state index contributed by atoms with van der Waals surface area (Å²) in [7, 11) is 1.33. The number of carbonyl (C=O) groups is 2. The summed E-state index contributed by atoms with van der Waals surface area (Å²) in [4.78, 5) is 26.1. The Morgan fingerprint density at radius 3 is 2.75 bits per heavy atom. The van der Waals surface area contributed by atoms with E-state index in [1.807, 2.05) is 0 Å². The summed E-state index contributed by atoms with van der Waals surface area (Å²) in [6, 6.07) is 5.53. The summed E-state index contributed by atoms with van der Waals surface area (Å²) in [6.45, 7) is 0.586. The van der Waals surface area contributed by atoms with Gasteiger partial charge in [-0.05, 0) is 37.1 Å². The van der Waals surface area contributed by atoms with Crippen LogP contribution in [0.25, 0.3) is 0 Å². The van der Waals surface area contributed by atoms with Crippen LogP contribution in [0.15, 0.2) is 29.2 Å². The number of benzene rings is 1. The van der Waals surface area contributed by atoms with Gasteiger partial charge in [0.15, 0.2) is 0 Å². The number of ether oxygens (including phenoxy) is 1. The molecule has 1 aromatic carbocycles. The third kappa shape index (κ3) is 3.50. The van der Waals surface area contributed by atoms with Crippen LogP contribution in [-0.2, 0) is 14.3 Å². The Kier molecular flexibility index (Phi) is 5.00. The number of hydrogen-bond acceptors (Lipinski definition) is 4. The van der Waals surface area contributed by atoms with Gasteiger partial charge in [-0.2, -0.15) is 0 Å². The number of nitrogens with zero attached hydrogens (tertiary/aromatic N) is 1. The molecule has 0 saturated carbocycles. The molecule has 1 atom stereocenters. The van der Waals surface area contributed by atoms with E-state index in [-0.39, 0.29) is 23.4 Å². The summed E-state index contributed by atoms with van der Waals surface area (Å²) in [5, 5.41) is 0. The van der Waals surface area contributed by atoms with E-state index in [0.717, 1.165) is 11.3 Å². The van der Waals surface area contributed by atoms with Gasteiger partial charge in [0.05, 0.1) is 12.9 Å². The molecule has 1 heterocycles. The zero-order chi connectivity index (χ0) is 14.5. The van der Waals surface area contributed by atoms with Gasteiger partial charge in [0.1, 0.15) is 11.9 Å². The lowest BCUT2D eigenvalue weighted by atomic mass is 10.2. The van der Waals surface area contributed by atoms with Gasteiger partial charge in [-0.15, -0.1) is 11.8 Å². The van der Waals surface area contributed by atoms with Gasteiger partial charge < -0.3 is 9.64 Å². The maximum absolute atomic E-state index is 12.8. The Bertz CT molecular complexity index is 492. The van der Waals surface area contributed by atoms with Crippen LogP contribution in [0, 0.1) is 5.82 Å². The maximum atomic E-state index is 12.8. The predicted molar refractivity (Wildman–Crippen MR) is 73.9 cm³/mol. The average Bonchev–Trinajstić information content (AvgIpc) is 2.95. The van der Waals surface area contributed by atoms with Gasteiger partial charge in [0.2, 0.25) is 5.91 Å². The quantitative estimate of drug-likeness (QED) is 0.630. The number of esters is 1. The van der Waals surface area contributed by atoms with Crippen LogP contribution >= 0.6 is 11.8 Å². The van der Waals surface area contributed by atoms with Crippen LogP contribution in [0.4, 0.5) is 4.39 Å². The summed E-state index contributed by atoms with van der Waals surface area (Å²) >= 11 is 1.34. The third-order valence-electron chi connectivity index (χ3n) is 3.22. The minimum Gasteiger partial charge on any atom is -0.467 e. The van der Waals surface area contributed by atoms with Gasteiger partial charge in [-0.25, -0.2) is 9.18 Å². The lowest BCUT2D eigenvalue weighted by molar-refractivity contribution is -0.150. The lowest BCUT2D eigenvalue weighted by Crippen LogP contribution is -2.41. The molecule has 0 aliphatic carbocycles. The number of amides is 1. The Morgan fingerprint density at radius 2 is 2.10 bits per heavy atom. The van der Waals surface area contributed by atoms with Gasteiger partial charge in [-0.3, -0.25) is 4.79 Å². The van der Waals surface area contributed by atoms with E-state index in [0.29, 0.717) is 13.0 Å². The number of carbonyl (C=O) groups excluding carboxylic acids is 2. The van der Waals surface area contributed by atoms with Crippen LogP contribution in [0.1, 0.15) is 12.8 Å². The zero-order valence-corrected chi connectivity index (χ0v) is 12.0. The maximum Gasteiger partial charge on any atom is 0.328 e. The van der Waals surface area contributed by atoms with Crippen LogP contribution in [0.2, 0.25) is 0 Å². The number of methoxy groups -OCH3 is 1. The molecule has 1 aliphatic heterocycles. The fourth-order valence-electron chi connectivity index (χ4n) is 2.21. The fraction of sp³-hybridized carbons (Fsp3) is 0.429. The van der Waals surface area contributed by atoms with Gasteiger partial charge >= 0.3 is 5.97 Å². The first-order valence-corrected chi connectivity index (χ1v) is 7.36. The highest BCUT2D eigenvalue weighted by molar-refractivity contribution is 8.00. The largest absolute Gasteiger partial charge is 0.467 e. The van der Waals surface area contributed by atoms with E-state index in [4.69, 9.17) is 4.74 Å². The number of hydrogen-bond donors (Lipinski definition) is 0. The molecule has 0 aromatic heterocycles. The second-order valence-corrected chi connectivity index (χ2v) is 5.56. The van der Waals surface area contributed by atoms with Crippen molar-refractivity contribution in [2.75, 3.05) is 19.4 Å². The molecular weight excluding hydrogens is 281 g/mol. The Labute approximate surface area is 121 Å². The fourth-order valence-corrected chi connectivity index (χ4v) is 2.99. The van der Waals surface area contributed by atoms with Gasteiger partial charge in [0.25, 0.3) is 0 Å². The summed E-state index contributed by atoms with van der Waals surface area (Å²) in [6.07, 6.45) is 1.46. The molecule has 1 fully saturated rings. The van der Waals surface area contributed by atoms with E-state index in [9.17, 15) is 14.0 Å². The van der Waals surface area contributed by atoms with Crippen molar-refractivity contribution in [3.63, 3.8) is 0 Å². The van der Waals surface area contributed by atoms with Crippen molar-refractivity contribution in [3.8, 4) is 0 Å². The molecule has 2 rings (SSSR count). The molecule has 0 radical (unpaired) electrons. The topological polar surface area (TPSA) is 46.6 Å². The molecule has 0 bridgehead atoms. The zero-order valence-electron chi connectivity index (χ0n) is 11.2. The molecule has 1 saturated heterocycles. The number of rotatable bonds is 4. The lowest BCUT2D eigenvalue weighted by Gasteiger charge is -2.22. The van der Waals surface area contributed by atoms with E-state index >= 15 is 0 Å². The number of halogens is 1.